The van der Waals surface area contributed by atoms with E-state index in [1.807, 2.05) is 0 Å². The predicted molar refractivity (Wildman–Crippen MR) is 77.4 cm³/mol. The van der Waals surface area contributed by atoms with Crippen molar-refractivity contribution in [2.45, 2.75) is 33.1 Å². The van der Waals surface area contributed by atoms with Crippen molar-refractivity contribution in [1.29, 1.82) is 0 Å². The lowest BCUT2D eigenvalue weighted by atomic mass is 9.90. The van der Waals surface area contributed by atoms with Gasteiger partial charge in [-0.2, -0.15) is 11.3 Å². The Balaban J connectivity index is 2.59. The maximum atomic E-state index is 6.63. The third-order valence-electron chi connectivity index (χ3n) is 3.51. The second-order valence-electron chi connectivity index (χ2n) is 4.59. The molecule has 1 heterocycles. The van der Waals surface area contributed by atoms with E-state index in [2.05, 4.69) is 50.6 Å². The van der Waals surface area contributed by atoms with Gasteiger partial charge in [-0.3, -0.25) is 0 Å². The average Bonchev–Trinajstić information content (AvgIpc) is 2.80. The van der Waals surface area contributed by atoms with E-state index >= 15 is 0 Å². The Hall–Kier alpha value is -0.790. The molecule has 2 heteroatoms. The van der Waals surface area contributed by atoms with E-state index in [0.29, 0.717) is 0 Å². The molecule has 0 N–H and O–H groups in total. The molecule has 1 aromatic carbocycles. The number of thiophene rings is 1. The summed E-state index contributed by atoms with van der Waals surface area (Å²) in [5.41, 5.74) is 7.77. The zero-order valence-corrected chi connectivity index (χ0v) is 12.2. The number of benzene rings is 1. The molecule has 2 rings (SSSR count). The van der Waals surface area contributed by atoms with Gasteiger partial charge in [0.25, 0.3) is 0 Å². The standard InChI is InChI=1S/C15H17ClS/c1-9-7-10(2)12(4)14(11(9)3)15(16)13-5-6-17-8-13/h5-8,15H,1-4H3. The van der Waals surface area contributed by atoms with E-state index in [0.717, 1.165) is 0 Å². The summed E-state index contributed by atoms with van der Waals surface area (Å²) in [7, 11) is 0. The molecule has 0 radical (unpaired) electrons. The van der Waals surface area contributed by atoms with Gasteiger partial charge in [0.15, 0.2) is 0 Å². The molecule has 0 nitrogen and oxygen atoms in total. The summed E-state index contributed by atoms with van der Waals surface area (Å²) in [5, 5.41) is 4.19. The van der Waals surface area contributed by atoms with Gasteiger partial charge in [0.2, 0.25) is 0 Å². The van der Waals surface area contributed by atoms with E-state index in [-0.39, 0.29) is 5.38 Å². The van der Waals surface area contributed by atoms with Crippen molar-refractivity contribution in [3.63, 3.8) is 0 Å². The molecule has 0 spiro atoms. The predicted octanol–water partition coefficient (Wildman–Crippen LogP) is 5.31. The van der Waals surface area contributed by atoms with Crippen molar-refractivity contribution < 1.29 is 0 Å². The van der Waals surface area contributed by atoms with Gasteiger partial charge < -0.3 is 0 Å². The average molecular weight is 265 g/mol. The van der Waals surface area contributed by atoms with E-state index in [1.54, 1.807) is 11.3 Å². The Morgan fingerprint density at radius 3 is 2.12 bits per heavy atom. The first kappa shape index (κ1) is 12.7. The normalized spacial score (nSPS) is 12.8. The summed E-state index contributed by atoms with van der Waals surface area (Å²) in [5.74, 6) is 0. The van der Waals surface area contributed by atoms with Crippen LogP contribution in [0.15, 0.2) is 22.9 Å². The number of aryl methyl sites for hydroxylation is 2. The number of hydrogen-bond acceptors (Lipinski definition) is 1. The fraction of sp³-hybridized carbons (Fsp3) is 0.333. The van der Waals surface area contributed by atoms with Crippen LogP contribution in [0.4, 0.5) is 0 Å². The summed E-state index contributed by atoms with van der Waals surface area (Å²) in [6, 6.07) is 4.35. The molecule has 17 heavy (non-hydrogen) atoms. The summed E-state index contributed by atoms with van der Waals surface area (Å²) in [6.45, 7) is 8.64. The molecular formula is C15H17ClS. The molecule has 0 saturated heterocycles. The van der Waals surface area contributed by atoms with Gasteiger partial charge in [0.05, 0.1) is 5.38 Å². The highest BCUT2D eigenvalue weighted by Crippen LogP contribution is 2.36. The maximum Gasteiger partial charge on any atom is 0.0848 e. The summed E-state index contributed by atoms with van der Waals surface area (Å²) < 4.78 is 0. The first-order valence-electron chi connectivity index (χ1n) is 5.76. The third-order valence-corrected chi connectivity index (χ3v) is 4.68. The van der Waals surface area contributed by atoms with E-state index in [4.69, 9.17) is 11.6 Å². The summed E-state index contributed by atoms with van der Waals surface area (Å²) in [6.07, 6.45) is 0. The Morgan fingerprint density at radius 2 is 1.65 bits per heavy atom. The minimum Gasteiger partial charge on any atom is -0.152 e. The van der Waals surface area contributed by atoms with E-state index in [1.165, 1.54) is 33.4 Å². The number of halogens is 1. The van der Waals surface area contributed by atoms with Crippen molar-refractivity contribution >= 4 is 22.9 Å². The number of rotatable bonds is 2. The minimum absolute atomic E-state index is 0.0279. The van der Waals surface area contributed by atoms with Crippen molar-refractivity contribution in [2.24, 2.45) is 0 Å². The molecule has 0 fully saturated rings. The van der Waals surface area contributed by atoms with Crippen LogP contribution in [-0.4, -0.2) is 0 Å². The molecule has 1 unspecified atom stereocenters. The van der Waals surface area contributed by atoms with Crippen molar-refractivity contribution in [3.05, 3.63) is 56.3 Å². The van der Waals surface area contributed by atoms with Crippen LogP contribution in [0.2, 0.25) is 0 Å². The van der Waals surface area contributed by atoms with Gasteiger partial charge in [-0.25, -0.2) is 0 Å². The third kappa shape index (κ3) is 2.27. The SMILES string of the molecule is Cc1cc(C)c(C)c(C(Cl)c2ccsc2)c1C. The Bertz CT molecular complexity index is 500. The van der Waals surface area contributed by atoms with Crippen LogP contribution in [0.3, 0.4) is 0 Å². The molecule has 0 aliphatic rings. The van der Waals surface area contributed by atoms with Gasteiger partial charge >= 0.3 is 0 Å². The van der Waals surface area contributed by atoms with Gasteiger partial charge in [0, 0.05) is 0 Å². The lowest BCUT2D eigenvalue weighted by Gasteiger charge is -2.19. The van der Waals surface area contributed by atoms with Crippen LogP contribution < -0.4 is 0 Å². The van der Waals surface area contributed by atoms with Gasteiger partial charge in [-0.1, -0.05) is 6.07 Å². The molecule has 1 aromatic heterocycles. The fourth-order valence-corrected chi connectivity index (χ4v) is 3.44. The van der Waals surface area contributed by atoms with Crippen LogP contribution in [0.1, 0.15) is 38.8 Å². The minimum atomic E-state index is -0.0279. The highest BCUT2D eigenvalue weighted by atomic mass is 35.5. The first-order valence-corrected chi connectivity index (χ1v) is 7.13. The zero-order chi connectivity index (χ0) is 12.6. The fourth-order valence-electron chi connectivity index (χ4n) is 2.21. The van der Waals surface area contributed by atoms with Crippen LogP contribution in [-0.2, 0) is 0 Å². The van der Waals surface area contributed by atoms with Crippen LogP contribution in [0.5, 0.6) is 0 Å². The Morgan fingerprint density at radius 1 is 1.06 bits per heavy atom. The van der Waals surface area contributed by atoms with Crippen LogP contribution in [0, 0.1) is 27.7 Å². The van der Waals surface area contributed by atoms with E-state index in [9.17, 15) is 0 Å². The Labute approximate surface area is 112 Å². The van der Waals surface area contributed by atoms with Crippen molar-refractivity contribution in [1.82, 2.24) is 0 Å². The molecule has 90 valence electrons. The van der Waals surface area contributed by atoms with Gasteiger partial charge in [-0.15, -0.1) is 11.6 Å². The highest BCUT2D eigenvalue weighted by molar-refractivity contribution is 7.08. The smallest absolute Gasteiger partial charge is 0.0848 e. The van der Waals surface area contributed by atoms with Gasteiger partial charge in [-0.05, 0) is 77.9 Å². The van der Waals surface area contributed by atoms with Crippen LogP contribution >= 0.6 is 22.9 Å². The lowest BCUT2D eigenvalue weighted by molar-refractivity contribution is 1.06. The zero-order valence-electron chi connectivity index (χ0n) is 10.7. The quantitative estimate of drug-likeness (QED) is 0.645. The first-order chi connectivity index (χ1) is 8.02. The summed E-state index contributed by atoms with van der Waals surface area (Å²) >= 11 is 8.33. The Kier molecular flexibility index (Phi) is 3.60. The topological polar surface area (TPSA) is 0 Å². The van der Waals surface area contributed by atoms with Gasteiger partial charge in [0.1, 0.15) is 0 Å². The molecule has 0 saturated carbocycles. The maximum absolute atomic E-state index is 6.63. The molecular weight excluding hydrogens is 248 g/mol. The second kappa shape index (κ2) is 4.83. The summed E-state index contributed by atoms with van der Waals surface area (Å²) in [4.78, 5) is 0. The molecule has 1 atom stereocenters. The second-order valence-corrected chi connectivity index (χ2v) is 5.81. The molecule has 0 bridgehead atoms. The van der Waals surface area contributed by atoms with E-state index < -0.39 is 0 Å². The van der Waals surface area contributed by atoms with Crippen molar-refractivity contribution in [2.75, 3.05) is 0 Å². The molecule has 0 aliphatic heterocycles. The van der Waals surface area contributed by atoms with Crippen LogP contribution in [0.25, 0.3) is 0 Å². The van der Waals surface area contributed by atoms with Crippen molar-refractivity contribution in [3.8, 4) is 0 Å². The monoisotopic (exact) mass is 264 g/mol. The highest BCUT2D eigenvalue weighted by Gasteiger charge is 2.18. The molecule has 0 aliphatic carbocycles. The lowest BCUT2D eigenvalue weighted by Crippen LogP contribution is -2.02. The largest absolute Gasteiger partial charge is 0.152 e. The number of hydrogen-bond donors (Lipinski definition) is 0. The number of alkyl halides is 1. The molecule has 2 aromatic rings. The molecule has 0 amide bonds.